The number of carbonyl (C=O) groups is 1. The molecule has 0 saturated carbocycles. The van der Waals surface area contributed by atoms with Gasteiger partial charge in [0.05, 0.1) is 11.6 Å². The average molecular weight is 385 g/mol. The Labute approximate surface area is 159 Å². The molecule has 1 amide bonds. The van der Waals surface area contributed by atoms with E-state index in [1.807, 2.05) is 6.07 Å². The highest BCUT2D eigenvalue weighted by atomic mass is 19.1. The van der Waals surface area contributed by atoms with E-state index in [9.17, 15) is 23.5 Å². The molecular formula is C20H17F2N3O3. The second-order valence-corrected chi connectivity index (χ2v) is 6.20. The number of nitrogens with one attached hydrogen (secondary N) is 1. The number of carbonyl (C=O) groups excluding carboxylic acids is 1. The third-order valence-corrected chi connectivity index (χ3v) is 4.32. The molecule has 0 aliphatic carbocycles. The number of rotatable bonds is 4. The van der Waals surface area contributed by atoms with Crippen LogP contribution >= 0.6 is 0 Å². The fourth-order valence-corrected chi connectivity index (χ4v) is 2.77. The van der Waals surface area contributed by atoms with Gasteiger partial charge in [-0.25, -0.2) is 13.8 Å². The summed E-state index contributed by atoms with van der Waals surface area (Å²) in [6, 6.07) is 11.7. The van der Waals surface area contributed by atoms with Crippen LogP contribution in [0.5, 0.6) is 5.75 Å². The van der Waals surface area contributed by atoms with Crippen LogP contribution in [0.3, 0.4) is 0 Å². The van der Waals surface area contributed by atoms with E-state index in [1.54, 1.807) is 31.2 Å². The summed E-state index contributed by atoms with van der Waals surface area (Å²) in [5, 5.41) is 12.7. The van der Waals surface area contributed by atoms with Crippen molar-refractivity contribution < 1.29 is 18.7 Å². The third-order valence-electron chi connectivity index (χ3n) is 4.32. The molecule has 0 aliphatic heterocycles. The number of hydrogen-bond donors (Lipinski definition) is 2. The van der Waals surface area contributed by atoms with E-state index in [-0.39, 0.29) is 0 Å². The highest BCUT2D eigenvalue weighted by molar-refractivity contribution is 5.95. The fourth-order valence-electron chi connectivity index (χ4n) is 2.77. The molecule has 1 heterocycles. The first kappa shape index (κ1) is 19.2. The standard InChI is InChI=1S/C20H17F2N3O3/c1-11(12-7-4-3-5-8-12)23-19(27)16-17(26)20(28)25(2)18(24-16)15-13(21)9-6-10-14(15)22/h3-11,26H,1-2H3,(H,23,27). The summed E-state index contributed by atoms with van der Waals surface area (Å²) in [6.45, 7) is 1.71. The Hall–Kier alpha value is -3.55. The lowest BCUT2D eigenvalue weighted by atomic mass is 10.1. The number of aromatic hydroxyl groups is 1. The van der Waals surface area contributed by atoms with Crippen molar-refractivity contribution in [1.82, 2.24) is 14.9 Å². The van der Waals surface area contributed by atoms with Crippen molar-refractivity contribution in [3.63, 3.8) is 0 Å². The zero-order valence-electron chi connectivity index (χ0n) is 15.1. The molecular weight excluding hydrogens is 368 g/mol. The molecule has 1 atom stereocenters. The van der Waals surface area contributed by atoms with Gasteiger partial charge in [-0.3, -0.25) is 14.2 Å². The lowest BCUT2D eigenvalue weighted by molar-refractivity contribution is 0.0931. The Kier molecular flexibility index (Phi) is 5.21. The first-order valence-corrected chi connectivity index (χ1v) is 8.41. The molecule has 0 saturated heterocycles. The minimum absolute atomic E-state index is 0.407. The topological polar surface area (TPSA) is 84.2 Å². The van der Waals surface area contributed by atoms with E-state index in [1.165, 1.54) is 13.1 Å². The first-order chi connectivity index (χ1) is 13.3. The molecule has 6 nitrogen and oxygen atoms in total. The molecule has 0 spiro atoms. The quantitative estimate of drug-likeness (QED) is 0.723. The van der Waals surface area contributed by atoms with Crippen molar-refractivity contribution in [2.75, 3.05) is 0 Å². The van der Waals surface area contributed by atoms with Gasteiger partial charge in [0, 0.05) is 7.05 Å². The van der Waals surface area contributed by atoms with Gasteiger partial charge in [0.2, 0.25) is 5.75 Å². The molecule has 0 bridgehead atoms. The van der Waals surface area contributed by atoms with Crippen LogP contribution in [0.25, 0.3) is 11.4 Å². The summed E-state index contributed by atoms with van der Waals surface area (Å²) in [7, 11) is 1.20. The summed E-state index contributed by atoms with van der Waals surface area (Å²) >= 11 is 0. The summed E-state index contributed by atoms with van der Waals surface area (Å²) < 4.78 is 29.1. The second-order valence-electron chi connectivity index (χ2n) is 6.20. The summed E-state index contributed by atoms with van der Waals surface area (Å²) in [5.74, 6) is -4.05. The highest BCUT2D eigenvalue weighted by Crippen LogP contribution is 2.25. The summed E-state index contributed by atoms with van der Waals surface area (Å²) in [5.41, 5.74) is -1.37. The molecule has 2 aromatic carbocycles. The Morgan fingerprint density at radius 1 is 1.11 bits per heavy atom. The lowest BCUT2D eigenvalue weighted by Gasteiger charge is -2.16. The monoisotopic (exact) mass is 385 g/mol. The van der Waals surface area contributed by atoms with Crippen molar-refractivity contribution in [3.05, 3.63) is 81.8 Å². The molecule has 3 rings (SSSR count). The van der Waals surface area contributed by atoms with E-state index < -0.39 is 52.0 Å². The smallest absolute Gasteiger partial charge is 0.296 e. The minimum atomic E-state index is -0.995. The Balaban J connectivity index is 2.06. The van der Waals surface area contributed by atoms with Gasteiger partial charge in [0.1, 0.15) is 17.5 Å². The predicted molar refractivity (Wildman–Crippen MR) is 98.8 cm³/mol. The van der Waals surface area contributed by atoms with Crippen LogP contribution in [0.2, 0.25) is 0 Å². The Bertz CT molecular complexity index is 1080. The maximum Gasteiger partial charge on any atom is 0.296 e. The molecule has 144 valence electrons. The van der Waals surface area contributed by atoms with Crippen molar-refractivity contribution >= 4 is 5.91 Å². The molecule has 1 unspecified atom stereocenters. The normalized spacial score (nSPS) is 11.9. The van der Waals surface area contributed by atoms with Gasteiger partial charge in [-0.1, -0.05) is 36.4 Å². The number of aromatic nitrogens is 2. The van der Waals surface area contributed by atoms with Crippen LogP contribution in [-0.4, -0.2) is 20.6 Å². The molecule has 0 radical (unpaired) electrons. The van der Waals surface area contributed by atoms with Gasteiger partial charge >= 0.3 is 0 Å². The van der Waals surface area contributed by atoms with Crippen LogP contribution in [0.1, 0.15) is 29.0 Å². The predicted octanol–water partition coefficient (Wildman–Crippen LogP) is 2.92. The molecule has 1 aromatic heterocycles. The summed E-state index contributed by atoms with van der Waals surface area (Å²) in [4.78, 5) is 28.8. The number of amides is 1. The van der Waals surface area contributed by atoms with E-state index in [0.717, 1.165) is 22.3 Å². The number of benzene rings is 2. The number of halogens is 2. The van der Waals surface area contributed by atoms with Gasteiger partial charge in [0.15, 0.2) is 5.69 Å². The largest absolute Gasteiger partial charge is 0.501 e. The van der Waals surface area contributed by atoms with Gasteiger partial charge in [0.25, 0.3) is 11.5 Å². The number of hydrogen-bond acceptors (Lipinski definition) is 4. The fraction of sp³-hybridized carbons (Fsp3) is 0.150. The van der Waals surface area contributed by atoms with Crippen molar-refractivity contribution in [3.8, 4) is 17.1 Å². The maximum atomic E-state index is 14.2. The van der Waals surface area contributed by atoms with Gasteiger partial charge in [-0.2, -0.15) is 0 Å². The van der Waals surface area contributed by atoms with Crippen LogP contribution in [0.4, 0.5) is 8.78 Å². The Morgan fingerprint density at radius 2 is 1.71 bits per heavy atom. The SMILES string of the molecule is CC(NC(=O)c1nc(-c2c(F)cccc2F)n(C)c(=O)c1O)c1ccccc1. The van der Waals surface area contributed by atoms with Gasteiger partial charge in [-0.05, 0) is 24.6 Å². The lowest BCUT2D eigenvalue weighted by Crippen LogP contribution is -2.31. The van der Waals surface area contributed by atoms with E-state index in [2.05, 4.69) is 10.3 Å². The van der Waals surface area contributed by atoms with Crippen LogP contribution in [0, 0.1) is 11.6 Å². The van der Waals surface area contributed by atoms with Crippen LogP contribution in [-0.2, 0) is 7.05 Å². The summed E-state index contributed by atoms with van der Waals surface area (Å²) in [6.07, 6.45) is 0. The van der Waals surface area contributed by atoms with Gasteiger partial charge < -0.3 is 10.4 Å². The Morgan fingerprint density at radius 3 is 2.32 bits per heavy atom. The number of nitrogens with zero attached hydrogens (tertiary/aromatic N) is 2. The maximum absolute atomic E-state index is 14.2. The molecule has 8 heteroatoms. The first-order valence-electron chi connectivity index (χ1n) is 8.41. The zero-order valence-corrected chi connectivity index (χ0v) is 15.1. The molecule has 0 fully saturated rings. The van der Waals surface area contributed by atoms with Crippen LogP contribution in [0.15, 0.2) is 53.3 Å². The van der Waals surface area contributed by atoms with Gasteiger partial charge in [-0.15, -0.1) is 0 Å². The molecule has 0 aliphatic rings. The van der Waals surface area contributed by atoms with Crippen molar-refractivity contribution in [2.45, 2.75) is 13.0 Å². The minimum Gasteiger partial charge on any atom is -0.501 e. The molecule has 3 aromatic rings. The van der Waals surface area contributed by atoms with Crippen molar-refractivity contribution in [1.29, 1.82) is 0 Å². The average Bonchev–Trinajstić information content (AvgIpc) is 2.68. The van der Waals surface area contributed by atoms with Crippen LogP contribution < -0.4 is 10.9 Å². The van der Waals surface area contributed by atoms with E-state index >= 15 is 0 Å². The van der Waals surface area contributed by atoms with E-state index in [0.29, 0.717) is 0 Å². The molecule has 2 N–H and O–H groups in total. The second kappa shape index (κ2) is 7.59. The zero-order chi connectivity index (χ0) is 20.4. The third kappa shape index (κ3) is 3.48. The highest BCUT2D eigenvalue weighted by Gasteiger charge is 2.24. The van der Waals surface area contributed by atoms with Crippen molar-refractivity contribution in [2.24, 2.45) is 7.05 Å². The van der Waals surface area contributed by atoms with E-state index in [4.69, 9.17) is 0 Å². The molecule has 28 heavy (non-hydrogen) atoms.